The van der Waals surface area contributed by atoms with E-state index in [0.717, 1.165) is 17.8 Å². The van der Waals surface area contributed by atoms with E-state index in [1.54, 1.807) is 23.1 Å². The van der Waals surface area contributed by atoms with Gasteiger partial charge >= 0.3 is 6.18 Å². The number of aryl methyl sites for hydroxylation is 2. The number of fused-ring (bicyclic) bond motifs is 1. The molecule has 5 rings (SSSR count). The molecule has 1 aliphatic rings. The molecule has 0 radical (unpaired) electrons. The Hall–Kier alpha value is -3.69. The highest BCUT2D eigenvalue weighted by Crippen LogP contribution is 2.44. The Morgan fingerprint density at radius 3 is 2.29 bits per heavy atom. The summed E-state index contributed by atoms with van der Waals surface area (Å²) in [5, 5.41) is 13.3. The van der Waals surface area contributed by atoms with Crippen molar-refractivity contribution in [3.8, 4) is 5.88 Å². The van der Waals surface area contributed by atoms with Gasteiger partial charge in [0.15, 0.2) is 0 Å². The molecule has 10 heteroatoms. The minimum absolute atomic E-state index is 0.0619. The number of alkyl halides is 3. The summed E-state index contributed by atoms with van der Waals surface area (Å²) in [6, 6.07) is 13.9. The normalized spacial score (nSPS) is 15.5. The zero-order valence-corrected chi connectivity index (χ0v) is 23.8. The van der Waals surface area contributed by atoms with Crippen LogP contribution in [0.4, 0.5) is 13.2 Å². The molecule has 41 heavy (non-hydrogen) atoms. The first kappa shape index (κ1) is 28.8. The third-order valence-corrected chi connectivity index (χ3v) is 8.26. The van der Waals surface area contributed by atoms with Gasteiger partial charge in [0.1, 0.15) is 5.60 Å². The van der Waals surface area contributed by atoms with Crippen LogP contribution in [0.5, 0.6) is 5.88 Å². The average molecular weight is 584 g/mol. The molecule has 2 aromatic heterocycles. The monoisotopic (exact) mass is 583 g/mol. The molecule has 1 aliphatic heterocycles. The molecule has 0 aliphatic carbocycles. The highest BCUT2D eigenvalue weighted by Gasteiger charge is 2.48. The zero-order valence-electron chi connectivity index (χ0n) is 23.0. The quantitative estimate of drug-likeness (QED) is 0.291. The van der Waals surface area contributed by atoms with Gasteiger partial charge in [0.25, 0.3) is 0 Å². The van der Waals surface area contributed by atoms with Gasteiger partial charge in [-0.05, 0) is 55.3 Å². The van der Waals surface area contributed by atoms with Crippen LogP contribution in [0, 0.1) is 19.8 Å². The number of aliphatic hydroxyl groups is 1. The van der Waals surface area contributed by atoms with Gasteiger partial charge in [-0.3, -0.25) is 9.78 Å². The number of carbonyl (C=O) groups is 1. The number of hydrogen-bond donors (Lipinski definition) is 1. The first-order valence-corrected chi connectivity index (χ1v) is 13.5. The first-order valence-electron chi connectivity index (χ1n) is 13.1. The molecular formula is C31H29ClF3N3O3. The highest BCUT2D eigenvalue weighted by molar-refractivity contribution is 6.36. The van der Waals surface area contributed by atoms with Crippen molar-refractivity contribution >= 4 is 28.4 Å². The van der Waals surface area contributed by atoms with Gasteiger partial charge in [-0.2, -0.15) is 13.2 Å². The maximum Gasteiger partial charge on any atom is 0.416 e. The summed E-state index contributed by atoms with van der Waals surface area (Å²) >= 11 is 6.94. The number of nitrogens with zero attached hydrogens (tertiary/aromatic N) is 3. The Kier molecular flexibility index (Phi) is 7.46. The number of benzene rings is 2. The van der Waals surface area contributed by atoms with E-state index in [1.165, 1.54) is 26.2 Å². The van der Waals surface area contributed by atoms with Crippen molar-refractivity contribution in [3.05, 3.63) is 98.8 Å². The lowest BCUT2D eigenvalue weighted by Crippen LogP contribution is -2.58. The number of halogens is 4. The van der Waals surface area contributed by atoms with Crippen molar-refractivity contribution < 1.29 is 27.8 Å². The number of rotatable bonds is 6. The Labute approximate surface area is 240 Å². The van der Waals surface area contributed by atoms with Gasteiger partial charge in [0.2, 0.25) is 11.8 Å². The average Bonchev–Trinajstić information content (AvgIpc) is 2.88. The maximum atomic E-state index is 13.1. The topological polar surface area (TPSA) is 75.6 Å². The fraction of sp³-hybridized carbons (Fsp3) is 0.323. The van der Waals surface area contributed by atoms with Crippen LogP contribution < -0.4 is 4.74 Å². The molecule has 0 spiro atoms. The van der Waals surface area contributed by atoms with Crippen molar-refractivity contribution in [2.24, 2.45) is 5.92 Å². The lowest BCUT2D eigenvalue weighted by molar-refractivity contribution is -0.142. The van der Waals surface area contributed by atoms with Crippen LogP contribution in [0.15, 0.2) is 54.6 Å². The fourth-order valence-electron chi connectivity index (χ4n) is 5.52. The van der Waals surface area contributed by atoms with E-state index in [2.05, 4.69) is 9.97 Å². The predicted molar refractivity (Wildman–Crippen MR) is 150 cm³/mol. The molecule has 1 unspecified atom stereocenters. The summed E-state index contributed by atoms with van der Waals surface area (Å²) in [5.74, 6) is -0.0862. The Morgan fingerprint density at radius 2 is 1.71 bits per heavy atom. The molecular weight excluding hydrogens is 555 g/mol. The van der Waals surface area contributed by atoms with Gasteiger partial charge in [-0.15, -0.1) is 0 Å². The zero-order chi connectivity index (χ0) is 29.7. The molecule has 6 nitrogen and oxygen atoms in total. The van der Waals surface area contributed by atoms with E-state index in [-0.39, 0.29) is 24.1 Å². The van der Waals surface area contributed by atoms with Crippen LogP contribution in [0.25, 0.3) is 10.9 Å². The number of likely N-dealkylation sites (tertiary alicyclic amines) is 1. The lowest BCUT2D eigenvalue weighted by atomic mass is 9.71. The Bertz CT molecular complexity index is 1640. The number of amides is 1. The number of aromatic nitrogens is 2. The van der Waals surface area contributed by atoms with Crippen molar-refractivity contribution in [3.63, 3.8) is 0 Å². The Balaban J connectivity index is 1.61. The van der Waals surface area contributed by atoms with Crippen molar-refractivity contribution in [1.82, 2.24) is 14.9 Å². The number of pyridine rings is 2. The minimum atomic E-state index is -4.43. The number of ether oxygens (including phenoxy) is 1. The molecule has 2 aromatic carbocycles. The van der Waals surface area contributed by atoms with Gasteiger partial charge in [0, 0.05) is 60.3 Å². The van der Waals surface area contributed by atoms with Crippen molar-refractivity contribution in [2.45, 2.75) is 39.0 Å². The second kappa shape index (κ2) is 10.6. The van der Waals surface area contributed by atoms with Gasteiger partial charge in [0.05, 0.1) is 23.2 Å². The first-order chi connectivity index (χ1) is 19.3. The molecule has 1 atom stereocenters. The Morgan fingerprint density at radius 1 is 1.05 bits per heavy atom. The summed E-state index contributed by atoms with van der Waals surface area (Å²) in [5.41, 5.74) is 2.15. The smallest absolute Gasteiger partial charge is 0.416 e. The van der Waals surface area contributed by atoms with Crippen LogP contribution in [0.1, 0.15) is 46.1 Å². The fourth-order valence-corrected chi connectivity index (χ4v) is 5.82. The van der Waals surface area contributed by atoms with Crippen LogP contribution >= 0.6 is 11.6 Å². The van der Waals surface area contributed by atoms with E-state index in [0.29, 0.717) is 57.0 Å². The molecule has 0 saturated carbocycles. The molecule has 4 aromatic rings. The van der Waals surface area contributed by atoms with E-state index in [4.69, 9.17) is 16.3 Å². The second-order valence-corrected chi connectivity index (χ2v) is 10.9. The summed E-state index contributed by atoms with van der Waals surface area (Å²) in [4.78, 5) is 22.8. The summed E-state index contributed by atoms with van der Waals surface area (Å²) < 4.78 is 44.7. The van der Waals surface area contributed by atoms with Crippen molar-refractivity contribution in [2.75, 3.05) is 20.2 Å². The van der Waals surface area contributed by atoms with Crippen LogP contribution in [0.3, 0.4) is 0 Å². The molecule has 3 heterocycles. The minimum Gasteiger partial charge on any atom is -0.481 e. The second-order valence-electron chi connectivity index (χ2n) is 10.5. The third kappa shape index (κ3) is 5.24. The highest BCUT2D eigenvalue weighted by atomic mass is 35.5. The third-order valence-electron chi connectivity index (χ3n) is 7.83. The van der Waals surface area contributed by atoms with E-state index < -0.39 is 17.3 Å². The number of hydrogen-bond acceptors (Lipinski definition) is 5. The SMILES string of the molecule is COc1nc2ccc(C(O)(c3ccc(C)nc3C)C3CN(C(C)=O)C3)cc2c(Cl)c1Cc1ccc(C(F)(F)F)cc1. The van der Waals surface area contributed by atoms with E-state index in [9.17, 15) is 23.1 Å². The number of methoxy groups -OCH3 is 1. The summed E-state index contributed by atoms with van der Waals surface area (Å²) in [6.07, 6.45) is -4.24. The molecule has 1 N–H and O–H groups in total. The standard InChI is InChI=1S/C31H29ClF3N3O3/c1-17-5-11-26(18(2)36-17)30(40,23-15-38(16-23)19(3)39)22-10-12-27-24(14-22)28(32)25(29(37-27)41-4)13-20-6-8-21(9-7-20)31(33,34)35/h5-12,14,23,40H,13,15-16H2,1-4H3. The molecule has 214 valence electrons. The van der Waals surface area contributed by atoms with Crippen LogP contribution in [0.2, 0.25) is 5.02 Å². The van der Waals surface area contributed by atoms with Gasteiger partial charge in [-0.1, -0.05) is 35.9 Å². The maximum absolute atomic E-state index is 13.1. The van der Waals surface area contributed by atoms with Gasteiger partial charge < -0.3 is 14.7 Å². The largest absolute Gasteiger partial charge is 0.481 e. The summed E-state index contributed by atoms with van der Waals surface area (Å²) in [6.45, 7) is 5.98. The van der Waals surface area contributed by atoms with Crippen LogP contribution in [-0.4, -0.2) is 46.1 Å². The molecule has 1 amide bonds. The number of carbonyl (C=O) groups excluding carboxylic acids is 1. The van der Waals surface area contributed by atoms with E-state index in [1.807, 2.05) is 26.0 Å². The van der Waals surface area contributed by atoms with Crippen molar-refractivity contribution in [1.29, 1.82) is 0 Å². The summed E-state index contributed by atoms with van der Waals surface area (Å²) in [7, 11) is 1.46. The molecule has 1 saturated heterocycles. The van der Waals surface area contributed by atoms with E-state index >= 15 is 0 Å². The predicted octanol–water partition coefficient (Wildman–Crippen LogP) is 6.23. The lowest BCUT2D eigenvalue weighted by Gasteiger charge is -2.48. The van der Waals surface area contributed by atoms with Crippen LogP contribution in [-0.2, 0) is 23.0 Å². The van der Waals surface area contributed by atoms with Gasteiger partial charge in [-0.25, -0.2) is 4.98 Å². The molecule has 1 fully saturated rings. The molecule has 0 bridgehead atoms.